The Labute approximate surface area is 98.0 Å². The molecule has 1 aromatic carbocycles. The summed E-state index contributed by atoms with van der Waals surface area (Å²) < 4.78 is 5.41. The molecule has 16 heavy (non-hydrogen) atoms. The minimum atomic E-state index is 0.359. The van der Waals surface area contributed by atoms with E-state index in [9.17, 15) is 0 Å². The third-order valence-corrected chi connectivity index (χ3v) is 2.36. The second-order valence-corrected chi connectivity index (χ2v) is 3.58. The predicted molar refractivity (Wildman–Crippen MR) is 62.2 cm³/mol. The van der Waals surface area contributed by atoms with Crippen LogP contribution >= 0.6 is 11.6 Å². The summed E-state index contributed by atoms with van der Waals surface area (Å²) in [7, 11) is 0. The Morgan fingerprint density at radius 1 is 1.12 bits per heavy atom. The van der Waals surface area contributed by atoms with Crippen LogP contribution in [0.2, 0.25) is 5.02 Å². The van der Waals surface area contributed by atoms with Crippen molar-refractivity contribution in [3.63, 3.8) is 0 Å². The zero-order chi connectivity index (χ0) is 11.4. The Bertz CT molecular complexity index is 473. The molecule has 0 spiro atoms. The van der Waals surface area contributed by atoms with Crippen LogP contribution in [0.25, 0.3) is 0 Å². The highest BCUT2D eigenvalue weighted by atomic mass is 35.5. The molecule has 0 bridgehead atoms. The van der Waals surface area contributed by atoms with E-state index in [0.29, 0.717) is 23.3 Å². The maximum atomic E-state index is 5.98. The first-order valence-corrected chi connectivity index (χ1v) is 5.09. The quantitative estimate of drug-likeness (QED) is 0.887. The van der Waals surface area contributed by atoms with Gasteiger partial charge in [0.1, 0.15) is 12.4 Å². The lowest BCUT2D eigenvalue weighted by Gasteiger charge is -2.05. The highest BCUT2D eigenvalue weighted by Gasteiger charge is 2.01. The second-order valence-electron chi connectivity index (χ2n) is 3.18. The summed E-state index contributed by atoms with van der Waals surface area (Å²) in [5.41, 5.74) is 6.31. The van der Waals surface area contributed by atoms with Crippen molar-refractivity contribution in [2.75, 3.05) is 5.73 Å². The van der Waals surface area contributed by atoms with Crippen LogP contribution in [0.5, 0.6) is 5.88 Å². The van der Waals surface area contributed by atoms with Gasteiger partial charge in [-0.2, -0.15) is 0 Å². The van der Waals surface area contributed by atoms with E-state index in [1.807, 2.05) is 24.3 Å². The van der Waals surface area contributed by atoms with E-state index >= 15 is 0 Å². The molecule has 2 N–H and O–H groups in total. The minimum Gasteiger partial charge on any atom is -0.472 e. The van der Waals surface area contributed by atoms with Crippen LogP contribution in [-0.4, -0.2) is 10.2 Å². The minimum absolute atomic E-state index is 0.359. The number of halogens is 1. The summed E-state index contributed by atoms with van der Waals surface area (Å²) in [6.07, 6.45) is 0. The number of hydrogen-bond donors (Lipinski definition) is 1. The Morgan fingerprint density at radius 2 is 1.94 bits per heavy atom. The summed E-state index contributed by atoms with van der Waals surface area (Å²) >= 11 is 5.98. The van der Waals surface area contributed by atoms with Crippen molar-refractivity contribution in [3.05, 3.63) is 47.0 Å². The van der Waals surface area contributed by atoms with Crippen molar-refractivity contribution in [2.24, 2.45) is 0 Å². The van der Waals surface area contributed by atoms with Gasteiger partial charge in [-0.15, -0.1) is 10.2 Å². The monoisotopic (exact) mass is 235 g/mol. The smallest absolute Gasteiger partial charge is 0.233 e. The van der Waals surface area contributed by atoms with E-state index in [1.165, 1.54) is 0 Å². The summed E-state index contributed by atoms with van der Waals surface area (Å²) in [6, 6.07) is 10.8. The molecule has 0 atom stereocenters. The fourth-order valence-corrected chi connectivity index (χ4v) is 1.36. The molecule has 0 aliphatic carbocycles. The Balaban J connectivity index is 2.02. The normalized spacial score (nSPS) is 10.1. The van der Waals surface area contributed by atoms with Gasteiger partial charge in [0, 0.05) is 16.7 Å². The fraction of sp³-hybridized carbons (Fsp3) is 0.0909. The molecule has 1 aromatic heterocycles. The lowest BCUT2D eigenvalue weighted by molar-refractivity contribution is 0.290. The van der Waals surface area contributed by atoms with E-state index in [0.717, 1.165) is 5.56 Å². The number of aromatic nitrogens is 2. The number of anilines is 1. The average Bonchev–Trinajstić information content (AvgIpc) is 2.30. The van der Waals surface area contributed by atoms with Gasteiger partial charge in [-0.25, -0.2) is 0 Å². The summed E-state index contributed by atoms with van der Waals surface area (Å²) in [5.74, 6) is 0.791. The first-order chi connectivity index (χ1) is 7.75. The number of nitrogens with two attached hydrogens (primary N) is 1. The van der Waals surface area contributed by atoms with E-state index < -0.39 is 0 Å². The van der Waals surface area contributed by atoms with Gasteiger partial charge < -0.3 is 10.5 Å². The second kappa shape index (κ2) is 4.81. The van der Waals surface area contributed by atoms with Gasteiger partial charge in [0.15, 0.2) is 0 Å². The van der Waals surface area contributed by atoms with Gasteiger partial charge in [0.2, 0.25) is 5.88 Å². The fourth-order valence-electron chi connectivity index (χ4n) is 1.17. The van der Waals surface area contributed by atoms with Crippen molar-refractivity contribution < 1.29 is 4.74 Å². The number of hydrogen-bond acceptors (Lipinski definition) is 4. The number of benzene rings is 1. The molecular formula is C11H10ClN3O. The third kappa shape index (κ3) is 2.61. The molecule has 0 saturated carbocycles. The molecule has 0 amide bonds. The molecule has 0 aliphatic heterocycles. The predicted octanol–water partition coefficient (Wildman–Crippen LogP) is 2.29. The van der Waals surface area contributed by atoms with Gasteiger partial charge in [-0.3, -0.25) is 0 Å². The van der Waals surface area contributed by atoms with Gasteiger partial charge in [-0.1, -0.05) is 29.8 Å². The zero-order valence-electron chi connectivity index (χ0n) is 8.43. The van der Waals surface area contributed by atoms with Crippen LogP contribution in [0, 0.1) is 0 Å². The topological polar surface area (TPSA) is 61.0 Å². The van der Waals surface area contributed by atoms with Crippen molar-refractivity contribution in [3.8, 4) is 5.88 Å². The van der Waals surface area contributed by atoms with E-state index in [-0.39, 0.29) is 0 Å². The number of rotatable bonds is 3. The summed E-state index contributed by atoms with van der Waals surface area (Å²) in [6.45, 7) is 0.359. The van der Waals surface area contributed by atoms with Crippen molar-refractivity contribution in [1.82, 2.24) is 10.2 Å². The van der Waals surface area contributed by atoms with Gasteiger partial charge in [0.25, 0.3) is 0 Å². The van der Waals surface area contributed by atoms with Gasteiger partial charge >= 0.3 is 0 Å². The number of nitrogens with zero attached hydrogens (tertiary/aromatic N) is 2. The van der Waals surface area contributed by atoms with Crippen LogP contribution in [0.1, 0.15) is 5.56 Å². The summed E-state index contributed by atoms with van der Waals surface area (Å²) in [4.78, 5) is 0. The van der Waals surface area contributed by atoms with E-state index in [1.54, 1.807) is 12.1 Å². The molecule has 82 valence electrons. The molecule has 2 rings (SSSR count). The number of nitrogen functional groups attached to an aromatic ring is 1. The lowest BCUT2D eigenvalue weighted by Crippen LogP contribution is -2.00. The lowest BCUT2D eigenvalue weighted by atomic mass is 10.2. The van der Waals surface area contributed by atoms with Crippen LogP contribution in [0.3, 0.4) is 0 Å². The molecule has 5 heteroatoms. The van der Waals surface area contributed by atoms with Crippen molar-refractivity contribution in [2.45, 2.75) is 6.61 Å². The van der Waals surface area contributed by atoms with Crippen LogP contribution in [0.15, 0.2) is 36.4 Å². The van der Waals surface area contributed by atoms with Crippen LogP contribution < -0.4 is 10.5 Å². The molecule has 0 fully saturated rings. The van der Waals surface area contributed by atoms with E-state index in [4.69, 9.17) is 22.1 Å². The van der Waals surface area contributed by atoms with Gasteiger partial charge in [-0.05, 0) is 12.1 Å². The van der Waals surface area contributed by atoms with Crippen molar-refractivity contribution in [1.29, 1.82) is 0 Å². The van der Waals surface area contributed by atoms with Crippen LogP contribution in [-0.2, 0) is 6.61 Å². The molecule has 0 radical (unpaired) electrons. The molecule has 0 saturated heterocycles. The molecule has 4 nitrogen and oxygen atoms in total. The SMILES string of the molecule is Nc1ccc(OCc2ccccc2Cl)nn1. The molecule has 0 aliphatic rings. The first-order valence-electron chi connectivity index (χ1n) is 4.71. The first kappa shape index (κ1) is 10.7. The van der Waals surface area contributed by atoms with E-state index in [2.05, 4.69) is 10.2 Å². The highest BCUT2D eigenvalue weighted by molar-refractivity contribution is 6.31. The summed E-state index contributed by atoms with van der Waals surface area (Å²) in [5, 5.41) is 8.14. The Morgan fingerprint density at radius 3 is 2.62 bits per heavy atom. The molecule has 2 aromatic rings. The maximum Gasteiger partial charge on any atom is 0.233 e. The number of ether oxygens (including phenoxy) is 1. The molecular weight excluding hydrogens is 226 g/mol. The largest absolute Gasteiger partial charge is 0.472 e. The maximum absolute atomic E-state index is 5.98. The molecule has 1 heterocycles. The Kier molecular flexibility index (Phi) is 3.22. The third-order valence-electron chi connectivity index (χ3n) is 1.99. The van der Waals surface area contributed by atoms with Crippen molar-refractivity contribution >= 4 is 17.4 Å². The highest BCUT2D eigenvalue weighted by Crippen LogP contribution is 2.17. The Hall–Kier alpha value is -1.81. The standard InChI is InChI=1S/C11H10ClN3O/c12-9-4-2-1-3-8(9)7-16-11-6-5-10(13)14-15-11/h1-6H,7H2,(H2,13,14). The van der Waals surface area contributed by atoms with Gasteiger partial charge in [0.05, 0.1) is 0 Å². The zero-order valence-corrected chi connectivity index (χ0v) is 9.19. The molecule has 0 unspecified atom stereocenters. The average molecular weight is 236 g/mol. The van der Waals surface area contributed by atoms with Crippen LogP contribution in [0.4, 0.5) is 5.82 Å².